The first-order valence-electron chi connectivity index (χ1n) is 11.7. The number of anilines is 1. The number of hydrogen-bond donors (Lipinski definition) is 1. The first-order chi connectivity index (χ1) is 17.2. The summed E-state index contributed by atoms with van der Waals surface area (Å²) < 4.78 is 11.9. The van der Waals surface area contributed by atoms with E-state index in [-0.39, 0.29) is 11.3 Å². The van der Waals surface area contributed by atoms with Crippen molar-refractivity contribution in [1.82, 2.24) is 0 Å². The Morgan fingerprint density at radius 2 is 1.64 bits per heavy atom. The molecule has 186 valence electrons. The van der Waals surface area contributed by atoms with E-state index in [0.717, 1.165) is 10.0 Å². The quantitative estimate of drug-likeness (QED) is 0.209. The van der Waals surface area contributed by atoms with Gasteiger partial charge in [-0.3, -0.25) is 14.5 Å². The minimum absolute atomic E-state index is 0.0343. The van der Waals surface area contributed by atoms with Crippen molar-refractivity contribution in [1.29, 1.82) is 0 Å². The second kappa shape index (κ2) is 10.6. The normalized spacial score (nSPS) is 17.1. The summed E-state index contributed by atoms with van der Waals surface area (Å²) in [6, 6.07) is 18.7. The first kappa shape index (κ1) is 25.5. The standard InChI is InChI=1S/C29H28BrNO5/c1-17(2)16-36-23-12-8-21(9-13-23)31-26(19-5-10-22(35-4)11-6-19)25(28(33)29(31)34)27(32)20-7-14-24(30)18(3)15-20/h5-15,17,26,32H,16H2,1-4H3/b27-25-. The van der Waals surface area contributed by atoms with E-state index < -0.39 is 17.7 Å². The monoisotopic (exact) mass is 549 g/mol. The summed E-state index contributed by atoms with van der Waals surface area (Å²) in [5, 5.41) is 11.3. The lowest BCUT2D eigenvalue weighted by molar-refractivity contribution is -0.132. The molecular formula is C29H28BrNO5. The molecule has 1 unspecified atom stereocenters. The molecule has 0 saturated carbocycles. The van der Waals surface area contributed by atoms with Crippen molar-refractivity contribution in [2.45, 2.75) is 26.8 Å². The smallest absolute Gasteiger partial charge is 0.300 e. The first-order valence-corrected chi connectivity index (χ1v) is 12.4. The zero-order valence-corrected chi connectivity index (χ0v) is 22.2. The Morgan fingerprint density at radius 1 is 1.00 bits per heavy atom. The van der Waals surface area contributed by atoms with Crippen LogP contribution in [0.3, 0.4) is 0 Å². The van der Waals surface area contributed by atoms with Crippen LogP contribution in [0.25, 0.3) is 5.76 Å². The van der Waals surface area contributed by atoms with Gasteiger partial charge in [-0.25, -0.2) is 0 Å². The van der Waals surface area contributed by atoms with Crippen LogP contribution in [0.2, 0.25) is 0 Å². The molecule has 0 aromatic heterocycles. The van der Waals surface area contributed by atoms with Crippen molar-refractivity contribution in [2.75, 3.05) is 18.6 Å². The van der Waals surface area contributed by atoms with E-state index in [1.807, 2.05) is 6.92 Å². The summed E-state index contributed by atoms with van der Waals surface area (Å²) in [6.45, 7) is 6.59. The Labute approximate surface area is 219 Å². The van der Waals surface area contributed by atoms with Crippen LogP contribution in [0.4, 0.5) is 5.69 Å². The third-order valence-corrected chi connectivity index (χ3v) is 6.90. The molecule has 1 amide bonds. The van der Waals surface area contributed by atoms with Gasteiger partial charge in [0.15, 0.2) is 0 Å². The zero-order valence-electron chi connectivity index (χ0n) is 20.6. The second-order valence-electron chi connectivity index (χ2n) is 9.10. The minimum atomic E-state index is -0.817. The highest BCUT2D eigenvalue weighted by atomic mass is 79.9. The number of ketones is 1. The Bertz CT molecular complexity index is 1310. The number of halogens is 1. The van der Waals surface area contributed by atoms with Crippen molar-refractivity contribution >= 4 is 39.1 Å². The van der Waals surface area contributed by atoms with Gasteiger partial charge in [-0.1, -0.05) is 48.0 Å². The number of carbonyl (C=O) groups is 2. The van der Waals surface area contributed by atoms with Gasteiger partial charge in [-0.05, 0) is 72.5 Å². The molecule has 1 atom stereocenters. The minimum Gasteiger partial charge on any atom is -0.507 e. The summed E-state index contributed by atoms with van der Waals surface area (Å²) in [5.41, 5.74) is 2.59. The molecule has 0 bridgehead atoms. The number of nitrogens with zero attached hydrogens (tertiary/aromatic N) is 1. The van der Waals surface area contributed by atoms with Crippen molar-refractivity contribution in [2.24, 2.45) is 5.92 Å². The highest BCUT2D eigenvalue weighted by Crippen LogP contribution is 2.43. The van der Waals surface area contributed by atoms with Crippen LogP contribution in [0.1, 0.15) is 36.6 Å². The van der Waals surface area contributed by atoms with Crippen molar-refractivity contribution in [3.8, 4) is 11.5 Å². The lowest BCUT2D eigenvalue weighted by Gasteiger charge is -2.26. The molecule has 36 heavy (non-hydrogen) atoms. The van der Waals surface area contributed by atoms with Crippen LogP contribution >= 0.6 is 15.9 Å². The molecule has 6 nitrogen and oxygen atoms in total. The van der Waals surface area contributed by atoms with Crippen LogP contribution in [0.5, 0.6) is 11.5 Å². The zero-order chi connectivity index (χ0) is 26.0. The maximum absolute atomic E-state index is 13.3. The summed E-state index contributed by atoms with van der Waals surface area (Å²) >= 11 is 3.46. The van der Waals surface area contributed by atoms with Crippen LogP contribution < -0.4 is 14.4 Å². The van der Waals surface area contributed by atoms with E-state index in [9.17, 15) is 14.7 Å². The molecule has 3 aromatic rings. The molecule has 1 aliphatic rings. The number of rotatable bonds is 7. The predicted molar refractivity (Wildman–Crippen MR) is 143 cm³/mol. The maximum atomic E-state index is 13.3. The number of benzene rings is 3. The number of carbonyl (C=O) groups excluding carboxylic acids is 2. The number of aryl methyl sites for hydroxylation is 1. The van der Waals surface area contributed by atoms with Crippen molar-refractivity contribution < 1.29 is 24.2 Å². The largest absolute Gasteiger partial charge is 0.507 e. The van der Waals surface area contributed by atoms with E-state index in [1.165, 1.54) is 4.90 Å². The average molecular weight is 550 g/mol. The number of ether oxygens (including phenoxy) is 2. The number of amides is 1. The Kier molecular flexibility index (Phi) is 7.50. The number of hydrogen-bond acceptors (Lipinski definition) is 5. The lowest BCUT2D eigenvalue weighted by atomic mass is 9.94. The topological polar surface area (TPSA) is 76.1 Å². The predicted octanol–water partition coefficient (Wildman–Crippen LogP) is 6.43. The Morgan fingerprint density at radius 3 is 2.22 bits per heavy atom. The molecule has 0 spiro atoms. The van der Waals surface area contributed by atoms with Gasteiger partial charge >= 0.3 is 0 Å². The number of aliphatic hydroxyl groups is 1. The van der Waals surface area contributed by atoms with Crippen LogP contribution in [0, 0.1) is 12.8 Å². The lowest BCUT2D eigenvalue weighted by Crippen LogP contribution is -2.29. The fraction of sp³-hybridized carbons (Fsp3) is 0.241. The number of Topliss-reactive ketones (excluding diaryl/α,β-unsaturated/α-hetero) is 1. The maximum Gasteiger partial charge on any atom is 0.300 e. The van der Waals surface area contributed by atoms with Gasteiger partial charge in [0.1, 0.15) is 17.3 Å². The van der Waals surface area contributed by atoms with Crippen LogP contribution in [-0.2, 0) is 9.59 Å². The third kappa shape index (κ3) is 5.02. The fourth-order valence-corrected chi connectivity index (χ4v) is 4.36. The summed E-state index contributed by atoms with van der Waals surface area (Å²) in [4.78, 5) is 28.1. The van der Waals surface area contributed by atoms with Crippen molar-refractivity contribution in [3.63, 3.8) is 0 Å². The van der Waals surface area contributed by atoms with Crippen LogP contribution in [0.15, 0.2) is 76.8 Å². The van der Waals surface area contributed by atoms with Gasteiger partial charge < -0.3 is 14.6 Å². The molecule has 7 heteroatoms. The molecule has 1 heterocycles. The molecule has 0 radical (unpaired) electrons. The summed E-state index contributed by atoms with van der Waals surface area (Å²) in [6.07, 6.45) is 0. The molecule has 1 N–H and O–H groups in total. The Balaban J connectivity index is 1.83. The van der Waals surface area contributed by atoms with Gasteiger partial charge in [-0.2, -0.15) is 0 Å². The Hall–Kier alpha value is -3.58. The van der Waals surface area contributed by atoms with Gasteiger partial charge in [-0.15, -0.1) is 0 Å². The molecular weight excluding hydrogens is 522 g/mol. The molecule has 1 aliphatic heterocycles. The van der Waals surface area contributed by atoms with E-state index >= 15 is 0 Å². The molecule has 0 aliphatic carbocycles. The average Bonchev–Trinajstić information content (AvgIpc) is 3.14. The second-order valence-corrected chi connectivity index (χ2v) is 9.96. The molecule has 1 fully saturated rings. The highest BCUT2D eigenvalue weighted by molar-refractivity contribution is 9.10. The summed E-state index contributed by atoms with van der Waals surface area (Å²) in [5.74, 6) is 0.0290. The van der Waals surface area contributed by atoms with Gasteiger partial charge in [0.05, 0.1) is 25.3 Å². The van der Waals surface area contributed by atoms with E-state index in [1.54, 1.807) is 73.8 Å². The van der Waals surface area contributed by atoms with E-state index in [0.29, 0.717) is 40.8 Å². The third-order valence-electron chi connectivity index (χ3n) is 6.01. The fourth-order valence-electron chi connectivity index (χ4n) is 4.11. The summed E-state index contributed by atoms with van der Waals surface area (Å²) in [7, 11) is 1.57. The van der Waals surface area contributed by atoms with Gasteiger partial charge in [0, 0.05) is 15.7 Å². The van der Waals surface area contributed by atoms with Crippen molar-refractivity contribution in [3.05, 3.63) is 93.5 Å². The molecule has 3 aromatic carbocycles. The van der Waals surface area contributed by atoms with Crippen LogP contribution in [-0.4, -0.2) is 30.5 Å². The van der Waals surface area contributed by atoms with Gasteiger partial charge in [0.25, 0.3) is 11.7 Å². The highest BCUT2D eigenvalue weighted by Gasteiger charge is 2.47. The molecule has 1 saturated heterocycles. The SMILES string of the molecule is COc1ccc(C2/C(=C(/O)c3ccc(Br)c(C)c3)C(=O)C(=O)N2c2ccc(OCC(C)C)cc2)cc1. The van der Waals surface area contributed by atoms with E-state index in [2.05, 4.69) is 29.8 Å². The van der Waals surface area contributed by atoms with Gasteiger partial charge in [0.2, 0.25) is 0 Å². The number of aliphatic hydroxyl groups excluding tert-OH is 1. The number of methoxy groups -OCH3 is 1. The van der Waals surface area contributed by atoms with E-state index in [4.69, 9.17) is 9.47 Å². The molecule has 4 rings (SSSR count).